The van der Waals surface area contributed by atoms with Crippen molar-refractivity contribution in [2.75, 3.05) is 13.2 Å². The zero-order valence-electron chi connectivity index (χ0n) is 17.4. The number of carbonyl (C=O) groups excluding carboxylic acids is 3. The van der Waals surface area contributed by atoms with Gasteiger partial charge >= 0.3 is 5.97 Å². The van der Waals surface area contributed by atoms with E-state index in [1.807, 2.05) is 0 Å². The first-order chi connectivity index (χ1) is 14.3. The third-order valence-corrected chi connectivity index (χ3v) is 4.96. The highest BCUT2D eigenvalue weighted by Crippen LogP contribution is 2.23. The van der Waals surface area contributed by atoms with Crippen LogP contribution in [0.4, 0.5) is 0 Å². The molecule has 8 heteroatoms. The first kappa shape index (κ1) is 21.2. The van der Waals surface area contributed by atoms with Gasteiger partial charge in [0, 0.05) is 18.3 Å². The molecule has 0 saturated carbocycles. The van der Waals surface area contributed by atoms with Crippen molar-refractivity contribution >= 4 is 17.7 Å². The number of amides is 1. The van der Waals surface area contributed by atoms with Crippen LogP contribution < -0.4 is 0 Å². The summed E-state index contributed by atoms with van der Waals surface area (Å²) >= 11 is 0. The van der Waals surface area contributed by atoms with E-state index in [-0.39, 0.29) is 31.2 Å². The molecule has 0 aromatic carbocycles. The van der Waals surface area contributed by atoms with Gasteiger partial charge in [-0.1, -0.05) is 0 Å². The maximum Gasteiger partial charge on any atom is 0.355 e. The van der Waals surface area contributed by atoms with E-state index in [1.54, 1.807) is 56.7 Å². The molecule has 3 rings (SSSR count). The molecule has 0 unspecified atom stereocenters. The van der Waals surface area contributed by atoms with Crippen molar-refractivity contribution in [3.63, 3.8) is 0 Å². The lowest BCUT2D eigenvalue weighted by atomic mass is 10.0. The second kappa shape index (κ2) is 8.86. The minimum Gasteiger partial charge on any atom is -0.467 e. The summed E-state index contributed by atoms with van der Waals surface area (Å²) in [7, 11) is 1.71. The molecule has 158 valence electrons. The summed E-state index contributed by atoms with van der Waals surface area (Å²) in [5, 5.41) is 0. The SMILES string of the molecule is CCOC(=O)c1c(C)c(C(=O)CN(Cc2ccco2)C(=O)c2ccco2)c(C)n1C. The van der Waals surface area contributed by atoms with Gasteiger partial charge in [0.25, 0.3) is 5.91 Å². The first-order valence-corrected chi connectivity index (χ1v) is 9.56. The average molecular weight is 412 g/mol. The number of esters is 1. The molecule has 8 nitrogen and oxygen atoms in total. The molecule has 0 radical (unpaired) electrons. The first-order valence-electron chi connectivity index (χ1n) is 9.56. The van der Waals surface area contributed by atoms with E-state index in [9.17, 15) is 14.4 Å². The Hall–Kier alpha value is -3.55. The smallest absolute Gasteiger partial charge is 0.355 e. The fourth-order valence-electron chi connectivity index (χ4n) is 3.48. The fourth-order valence-corrected chi connectivity index (χ4v) is 3.48. The Bertz CT molecular complexity index is 1040. The van der Waals surface area contributed by atoms with E-state index in [4.69, 9.17) is 13.6 Å². The van der Waals surface area contributed by atoms with Gasteiger partial charge in [-0.25, -0.2) is 4.79 Å². The number of ether oxygens (including phenoxy) is 1. The number of furan rings is 2. The zero-order valence-corrected chi connectivity index (χ0v) is 17.4. The van der Waals surface area contributed by atoms with Crippen molar-refractivity contribution in [2.24, 2.45) is 7.05 Å². The Morgan fingerprint density at radius 1 is 1.10 bits per heavy atom. The fraction of sp³-hybridized carbons (Fsp3) is 0.318. The summed E-state index contributed by atoms with van der Waals surface area (Å²) < 4.78 is 17.3. The highest BCUT2D eigenvalue weighted by Gasteiger charge is 2.29. The summed E-state index contributed by atoms with van der Waals surface area (Å²) in [4.78, 5) is 39.8. The summed E-state index contributed by atoms with van der Waals surface area (Å²) in [6, 6.07) is 6.59. The Morgan fingerprint density at radius 3 is 2.40 bits per heavy atom. The molecule has 3 aromatic rings. The van der Waals surface area contributed by atoms with Crippen molar-refractivity contribution < 1.29 is 28.0 Å². The van der Waals surface area contributed by atoms with Crippen LogP contribution in [0.25, 0.3) is 0 Å². The van der Waals surface area contributed by atoms with Crippen molar-refractivity contribution in [3.05, 3.63) is 70.8 Å². The van der Waals surface area contributed by atoms with E-state index in [2.05, 4.69) is 0 Å². The van der Waals surface area contributed by atoms with Crippen LogP contribution in [0.2, 0.25) is 0 Å². The molecular formula is C22H24N2O6. The monoisotopic (exact) mass is 412 g/mol. The molecule has 0 fully saturated rings. The molecule has 0 aliphatic rings. The lowest BCUT2D eigenvalue weighted by Gasteiger charge is -2.20. The second-order valence-electron chi connectivity index (χ2n) is 6.85. The molecule has 0 atom stereocenters. The predicted octanol–water partition coefficient (Wildman–Crippen LogP) is 3.53. The molecule has 0 aliphatic carbocycles. The van der Waals surface area contributed by atoms with Crippen molar-refractivity contribution in [3.8, 4) is 0 Å². The Kier molecular flexibility index (Phi) is 6.25. The molecular weight excluding hydrogens is 388 g/mol. The van der Waals surface area contributed by atoms with Crippen LogP contribution in [-0.4, -0.2) is 40.3 Å². The largest absolute Gasteiger partial charge is 0.467 e. The number of nitrogens with zero attached hydrogens (tertiary/aromatic N) is 2. The highest BCUT2D eigenvalue weighted by atomic mass is 16.5. The van der Waals surface area contributed by atoms with Gasteiger partial charge in [-0.2, -0.15) is 0 Å². The quantitative estimate of drug-likeness (QED) is 0.415. The van der Waals surface area contributed by atoms with Gasteiger partial charge in [-0.3, -0.25) is 9.59 Å². The number of Topliss-reactive ketones (excluding diaryl/α,β-unsaturated/α-hetero) is 1. The van der Waals surface area contributed by atoms with Gasteiger partial charge in [-0.15, -0.1) is 0 Å². The van der Waals surface area contributed by atoms with Gasteiger partial charge in [-0.05, 0) is 50.6 Å². The zero-order chi connectivity index (χ0) is 21.8. The number of rotatable bonds is 8. The van der Waals surface area contributed by atoms with Gasteiger partial charge in [0.05, 0.1) is 32.2 Å². The van der Waals surface area contributed by atoms with E-state index >= 15 is 0 Å². The lowest BCUT2D eigenvalue weighted by Crippen LogP contribution is -2.35. The second-order valence-corrected chi connectivity index (χ2v) is 6.85. The summed E-state index contributed by atoms with van der Waals surface area (Å²) in [5.41, 5.74) is 1.88. The van der Waals surface area contributed by atoms with E-state index in [0.717, 1.165) is 0 Å². The van der Waals surface area contributed by atoms with Gasteiger partial charge in [0.1, 0.15) is 11.5 Å². The molecule has 30 heavy (non-hydrogen) atoms. The van der Waals surface area contributed by atoms with Crippen molar-refractivity contribution in [1.82, 2.24) is 9.47 Å². The maximum absolute atomic E-state index is 13.2. The normalized spacial score (nSPS) is 10.8. The number of carbonyl (C=O) groups is 3. The van der Waals surface area contributed by atoms with E-state index in [0.29, 0.717) is 28.3 Å². The van der Waals surface area contributed by atoms with Gasteiger partial charge < -0.3 is 23.0 Å². The maximum atomic E-state index is 13.2. The summed E-state index contributed by atoms with van der Waals surface area (Å²) in [5.74, 6) is -0.539. The summed E-state index contributed by atoms with van der Waals surface area (Å²) in [6.07, 6.45) is 2.90. The molecule has 0 aliphatic heterocycles. The number of ketones is 1. The number of aromatic nitrogens is 1. The molecule has 0 spiro atoms. The molecule has 0 saturated heterocycles. The molecule has 0 N–H and O–H groups in total. The van der Waals surface area contributed by atoms with Gasteiger partial charge in [0.15, 0.2) is 11.5 Å². The number of hydrogen-bond donors (Lipinski definition) is 0. The van der Waals surface area contributed by atoms with Crippen LogP contribution in [0, 0.1) is 13.8 Å². The third-order valence-electron chi connectivity index (χ3n) is 4.96. The molecule has 1 amide bonds. The standard InChI is InChI=1S/C22H24N2O6/c1-5-28-22(27)20-14(2)19(15(3)23(20)4)17(25)13-24(12-16-8-6-10-29-16)21(26)18-9-7-11-30-18/h6-11H,5,12-13H2,1-4H3. The highest BCUT2D eigenvalue weighted by molar-refractivity contribution is 6.05. The molecule has 3 heterocycles. The van der Waals surface area contributed by atoms with Gasteiger partial charge in [0.2, 0.25) is 0 Å². The summed E-state index contributed by atoms with van der Waals surface area (Å²) in [6.45, 7) is 5.33. The minimum absolute atomic E-state index is 0.105. The van der Waals surface area contributed by atoms with Crippen LogP contribution in [0.15, 0.2) is 45.6 Å². The van der Waals surface area contributed by atoms with Crippen LogP contribution in [-0.2, 0) is 18.3 Å². The molecule has 3 aromatic heterocycles. The topological polar surface area (TPSA) is 94.9 Å². The Labute approximate surface area is 174 Å². The van der Waals surface area contributed by atoms with Crippen molar-refractivity contribution in [1.29, 1.82) is 0 Å². The van der Waals surface area contributed by atoms with Crippen LogP contribution >= 0.6 is 0 Å². The molecule has 0 bridgehead atoms. The Morgan fingerprint density at radius 2 is 1.80 bits per heavy atom. The minimum atomic E-state index is -0.487. The average Bonchev–Trinajstić information content (AvgIpc) is 3.44. The van der Waals surface area contributed by atoms with E-state index < -0.39 is 11.9 Å². The van der Waals surface area contributed by atoms with Crippen LogP contribution in [0.5, 0.6) is 0 Å². The van der Waals surface area contributed by atoms with Crippen molar-refractivity contribution in [2.45, 2.75) is 27.3 Å². The van der Waals surface area contributed by atoms with Crippen LogP contribution in [0.3, 0.4) is 0 Å². The Balaban J connectivity index is 1.91. The third kappa shape index (κ3) is 4.07. The van der Waals surface area contributed by atoms with Crippen LogP contribution in [0.1, 0.15) is 55.3 Å². The van der Waals surface area contributed by atoms with E-state index in [1.165, 1.54) is 17.4 Å². The number of hydrogen-bond acceptors (Lipinski definition) is 6. The predicted molar refractivity (Wildman–Crippen MR) is 107 cm³/mol. The lowest BCUT2D eigenvalue weighted by molar-refractivity contribution is 0.0514.